The highest BCUT2D eigenvalue weighted by Crippen LogP contribution is 2.47. The van der Waals surface area contributed by atoms with Crippen molar-refractivity contribution in [2.45, 2.75) is 279 Å². The molecule has 8 nitrogen and oxygen atoms in total. The zero-order valence-corrected chi connectivity index (χ0v) is 46.6. The van der Waals surface area contributed by atoms with Crippen molar-refractivity contribution < 1.29 is 37.4 Å². The van der Waals surface area contributed by atoms with Gasteiger partial charge in [0.2, 0.25) is 0 Å². The fraction of sp³-hybridized carbons (Fsp3) is 0.750. The van der Waals surface area contributed by atoms with Gasteiger partial charge in [-0.1, -0.05) is 248 Å². The van der Waals surface area contributed by atoms with Crippen LogP contribution in [0.25, 0.3) is 0 Å². The van der Waals surface area contributed by atoms with E-state index >= 15 is 0 Å². The lowest BCUT2D eigenvalue weighted by atomic mass is 9.85. The number of carbonyl (C=O) groups excluding carboxylic acids is 3. The lowest BCUT2D eigenvalue weighted by Gasteiger charge is -2.27. The second-order valence-electron chi connectivity index (χ2n) is 21.8. The van der Waals surface area contributed by atoms with Crippen LogP contribution in [0, 0.1) is 0 Å². The van der Waals surface area contributed by atoms with Crippen LogP contribution in [0.3, 0.4) is 0 Å². The van der Waals surface area contributed by atoms with E-state index in [1.807, 2.05) is 41.5 Å². The van der Waals surface area contributed by atoms with E-state index in [1.54, 1.807) is 36.4 Å². The zero-order chi connectivity index (χ0) is 50.6. The number of hydrogen-bond donors (Lipinski definition) is 0. The Hall–Kier alpha value is -3.12. The quantitative estimate of drug-likeness (QED) is 0.0369. The molecule has 9 heteroatoms. The SMILES string of the molecule is CCCCCCCCCCCCCCCCCCOC(=O)c1ccc(OP(OC(C)=O)Oc2ccc(C(=O)OCCCCCCCCCCCCCCCCCC)cc2C(C)(C)C)c(C(C)(C)C)c1. The molecule has 0 spiro atoms. The van der Waals surface area contributed by atoms with Crippen molar-refractivity contribution in [1.82, 2.24) is 0 Å². The normalized spacial score (nSPS) is 11.8. The number of unbranched alkanes of at least 4 members (excludes halogenated alkanes) is 30. The van der Waals surface area contributed by atoms with Crippen LogP contribution in [0.15, 0.2) is 36.4 Å². The lowest BCUT2D eigenvalue weighted by Crippen LogP contribution is -2.17. The molecule has 0 radical (unpaired) electrons. The van der Waals surface area contributed by atoms with Gasteiger partial charge >= 0.3 is 26.5 Å². The molecule has 0 fully saturated rings. The lowest BCUT2D eigenvalue weighted by molar-refractivity contribution is -0.132. The van der Waals surface area contributed by atoms with Gasteiger partial charge in [-0.15, -0.1) is 0 Å². The topological polar surface area (TPSA) is 97.4 Å². The van der Waals surface area contributed by atoms with Crippen LogP contribution in [0.2, 0.25) is 0 Å². The van der Waals surface area contributed by atoms with Crippen LogP contribution in [0.4, 0.5) is 0 Å². The Balaban J connectivity index is 1.84. The van der Waals surface area contributed by atoms with E-state index in [0.29, 0.717) is 35.8 Å². The third kappa shape index (κ3) is 29.7. The van der Waals surface area contributed by atoms with Gasteiger partial charge in [0.1, 0.15) is 11.5 Å². The minimum atomic E-state index is -2.27. The van der Waals surface area contributed by atoms with Crippen LogP contribution in [-0.4, -0.2) is 31.1 Å². The smallest absolute Gasteiger partial charge is 0.462 e. The standard InChI is InChI=1S/C60H101O8P/c1-10-12-14-16-18-20-22-24-26-28-30-32-34-36-38-40-46-64-57(62)51-42-44-55(53(48-51)59(4,5)6)67-69(66-50(3)61)68-56-45-43-52(49-54(56)60(7,8)9)58(63)65-47-41-39-37-35-33-31-29-27-25-23-21-19-17-15-13-11-2/h42-45,48-49H,10-41,46-47H2,1-9H3. The summed E-state index contributed by atoms with van der Waals surface area (Å²) in [7, 11) is -2.27. The molecule has 0 heterocycles. The van der Waals surface area contributed by atoms with E-state index in [9.17, 15) is 14.4 Å². The first kappa shape index (κ1) is 62.0. The summed E-state index contributed by atoms with van der Waals surface area (Å²) in [6.45, 7) is 18.8. The second-order valence-corrected chi connectivity index (χ2v) is 22.8. The predicted molar refractivity (Wildman–Crippen MR) is 290 cm³/mol. The Bertz CT molecular complexity index is 1550. The molecular formula is C60H101O8P. The van der Waals surface area contributed by atoms with Gasteiger partial charge in [-0.2, -0.15) is 0 Å². The van der Waals surface area contributed by atoms with Crippen molar-refractivity contribution in [3.05, 3.63) is 58.7 Å². The summed E-state index contributed by atoms with van der Waals surface area (Å²) in [5.74, 6) is -0.416. The van der Waals surface area contributed by atoms with Crippen molar-refractivity contribution in [3.8, 4) is 11.5 Å². The molecule has 0 bridgehead atoms. The number of carbonyl (C=O) groups is 3. The predicted octanol–water partition coefficient (Wildman–Crippen LogP) is 19.4. The fourth-order valence-corrected chi connectivity index (χ4v) is 9.72. The van der Waals surface area contributed by atoms with E-state index in [4.69, 9.17) is 23.0 Å². The summed E-state index contributed by atoms with van der Waals surface area (Å²) in [4.78, 5) is 38.8. The van der Waals surface area contributed by atoms with Gasteiger partial charge in [-0.3, -0.25) is 4.79 Å². The highest BCUT2D eigenvalue weighted by atomic mass is 31.2. The molecule has 0 aliphatic carbocycles. The zero-order valence-electron chi connectivity index (χ0n) is 45.7. The van der Waals surface area contributed by atoms with Gasteiger partial charge in [0.25, 0.3) is 0 Å². The van der Waals surface area contributed by atoms with Crippen LogP contribution in [0.1, 0.15) is 300 Å². The van der Waals surface area contributed by atoms with Gasteiger partial charge in [0.15, 0.2) is 0 Å². The molecule has 0 atom stereocenters. The number of rotatable bonds is 41. The third-order valence-electron chi connectivity index (χ3n) is 13.1. The second kappa shape index (κ2) is 37.6. The Morgan fingerprint density at radius 3 is 0.913 bits per heavy atom. The molecule has 394 valence electrons. The molecule has 0 unspecified atom stereocenters. The first-order valence-electron chi connectivity index (χ1n) is 28.1. The molecule has 69 heavy (non-hydrogen) atoms. The summed E-state index contributed by atoms with van der Waals surface area (Å²) in [6, 6.07) is 10.4. The fourth-order valence-electron chi connectivity index (χ4n) is 8.76. The average Bonchev–Trinajstić information content (AvgIpc) is 3.30. The first-order chi connectivity index (χ1) is 33.2. The van der Waals surface area contributed by atoms with Crippen molar-refractivity contribution in [3.63, 3.8) is 0 Å². The average molecular weight is 981 g/mol. The summed E-state index contributed by atoms with van der Waals surface area (Å²) < 4.78 is 29.8. The van der Waals surface area contributed by atoms with Crippen molar-refractivity contribution in [2.75, 3.05) is 13.2 Å². The summed E-state index contributed by atoms with van der Waals surface area (Å²) >= 11 is 0. The number of esters is 2. The van der Waals surface area contributed by atoms with Crippen molar-refractivity contribution >= 4 is 26.5 Å². The largest absolute Gasteiger partial charge is 0.532 e. The monoisotopic (exact) mass is 981 g/mol. The molecular weight excluding hydrogens is 880 g/mol. The van der Waals surface area contributed by atoms with Crippen LogP contribution < -0.4 is 9.05 Å². The number of ether oxygens (including phenoxy) is 2. The maximum Gasteiger partial charge on any atom is 0.532 e. The minimum absolute atomic E-state index is 0.370. The third-order valence-corrected chi connectivity index (χ3v) is 14.2. The van der Waals surface area contributed by atoms with Gasteiger partial charge in [-0.25, -0.2) is 9.59 Å². The Morgan fingerprint density at radius 1 is 0.406 bits per heavy atom. The molecule has 2 aromatic rings. The summed E-state index contributed by atoms with van der Waals surface area (Å²) in [5, 5.41) is 0. The molecule has 0 aliphatic rings. The molecule has 0 saturated carbocycles. The highest BCUT2D eigenvalue weighted by molar-refractivity contribution is 7.43. The van der Waals surface area contributed by atoms with Gasteiger partial charge < -0.3 is 23.0 Å². The Morgan fingerprint density at radius 2 is 0.667 bits per heavy atom. The van der Waals surface area contributed by atoms with Crippen LogP contribution >= 0.6 is 8.60 Å². The molecule has 0 aliphatic heterocycles. The van der Waals surface area contributed by atoms with Crippen LogP contribution in [0.5, 0.6) is 11.5 Å². The van der Waals surface area contributed by atoms with E-state index < -0.39 is 25.4 Å². The Labute approximate surface area is 424 Å². The molecule has 0 saturated heterocycles. The van der Waals surface area contributed by atoms with Gasteiger partial charge in [0, 0.05) is 18.1 Å². The highest BCUT2D eigenvalue weighted by Gasteiger charge is 2.30. The Kier molecular flexibility index (Phi) is 33.8. The minimum Gasteiger partial charge on any atom is -0.462 e. The van der Waals surface area contributed by atoms with E-state index in [0.717, 1.165) is 49.7 Å². The van der Waals surface area contributed by atoms with Crippen molar-refractivity contribution in [2.24, 2.45) is 0 Å². The van der Waals surface area contributed by atoms with Crippen LogP contribution in [-0.2, 0) is 29.6 Å². The van der Waals surface area contributed by atoms with E-state index in [2.05, 4.69) is 13.8 Å². The van der Waals surface area contributed by atoms with Crippen molar-refractivity contribution in [1.29, 1.82) is 0 Å². The van der Waals surface area contributed by atoms with Gasteiger partial charge in [-0.05, 0) is 60.1 Å². The molecule has 0 aromatic heterocycles. The number of hydrogen-bond acceptors (Lipinski definition) is 8. The van der Waals surface area contributed by atoms with Gasteiger partial charge in [0.05, 0.1) is 24.3 Å². The summed E-state index contributed by atoms with van der Waals surface area (Å²) in [6.07, 6.45) is 41.4. The first-order valence-corrected chi connectivity index (χ1v) is 29.2. The summed E-state index contributed by atoms with van der Waals surface area (Å²) in [5.41, 5.74) is 1.52. The van der Waals surface area contributed by atoms with E-state index in [-0.39, 0.29) is 11.9 Å². The number of benzene rings is 2. The van der Waals surface area contributed by atoms with E-state index in [1.165, 1.54) is 174 Å². The maximum atomic E-state index is 13.2. The molecule has 0 N–H and O–H groups in total. The molecule has 2 aromatic carbocycles. The maximum absolute atomic E-state index is 13.2. The molecule has 2 rings (SSSR count). The molecule has 0 amide bonds.